The van der Waals surface area contributed by atoms with Crippen molar-refractivity contribution in [1.29, 1.82) is 0 Å². The van der Waals surface area contributed by atoms with Gasteiger partial charge in [0.15, 0.2) is 5.96 Å². The number of rotatable bonds is 4. The summed E-state index contributed by atoms with van der Waals surface area (Å²) in [6.07, 6.45) is 5.93. The summed E-state index contributed by atoms with van der Waals surface area (Å²) in [4.78, 5) is 8.57. The SMILES string of the molecule is CN=C(NCc1ccn(C)c1)NCc1ncccc1C.I. The molecule has 0 spiro atoms. The maximum atomic E-state index is 4.36. The molecule has 0 atom stereocenters. The highest BCUT2D eigenvalue weighted by Gasteiger charge is 2.02. The Morgan fingerprint density at radius 2 is 2.05 bits per heavy atom. The van der Waals surface area contributed by atoms with E-state index in [-0.39, 0.29) is 24.0 Å². The number of aryl methyl sites for hydroxylation is 2. The van der Waals surface area contributed by atoms with Gasteiger partial charge in [0.25, 0.3) is 0 Å². The van der Waals surface area contributed by atoms with Crippen molar-refractivity contribution >= 4 is 29.9 Å². The second kappa shape index (κ2) is 8.66. The molecule has 0 saturated heterocycles. The van der Waals surface area contributed by atoms with E-state index in [2.05, 4.69) is 45.9 Å². The van der Waals surface area contributed by atoms with E-state index in [9.17, 15) is 0 Å². The summed E-state index contributed by atoms with van der Waals surface area (Å²) in [6.45, 7) is 3.48. The van der Waals surface area contributed by atoms with Crippen LogP contribution < -0.4 is 10.6 Å². The Balaban J connectivity index is 0.00000220. The minimum absolute atomic E-state index is 0. The Morgan fingerprint density at radius 3 is 2.67 bits per heavy atom. The Hall–Kier alpha value is -1.57. The number of hydrogen-bond donors (Lipinski definition) is 2. The lowest BCUT2D eigenvalue weighted by Gasteiger charge is -2.12. The van der Waals surface area contributed by atoms with Gasteiger partial charge in [-0.15, -0.1) is 24.0 Å². The van der Waals surface area contributed by atoms with E-state index in [1.807, 2.05) is 30.1 Å². The van der Waals surface area contributed by atoms with Crippen molar-refractivity contribution in [3.8, 4) is 0 Å². The summed E-state index contributed by atoms with van der Waals surface area (Å²) in [7, 11) is 3.78. The van der Waals surface area contributed by atoms with Crippen LogP contribution in [0.2, 0.25) is 0 Å². The van der Waals surface area contributed by atoms with Crippen LogP contribution in [0.25, 0.3) is 0 Å². The van der Waals surface area contributed by atoms with Crippen LogP contribution in [0, 0.1) is 6.92 Å². The fourth-order valence-corrected chi connectivity index (χ4v) is 1.94. The van der Waals surface area contributed by atoms with Gasteiger partial charge in [0.2, 0.25) is 0 Å². The number of halogens is 1. The summed E-state index contributed by atoms with van der Waals surface area (Å²) in [6, 6.07) is 6.09. The van der Waals surface area contributed by atoms with Crippen LogP contribution in [0.5, 0.6) is 0 Å². The Labute approximate surface area is 142 Å². The van der Waals surface area contributed by atoms with Crippen LogP contribution in [0.1, 0.15) is 16.8 Å². The lowest BCUT2D eigenvalue weighted by molar-refractivity contribution is 0.788. The maximum absolute atomic E-state index is 4.36. The van der Waals surface area contributed by atoms with Gasteiger partial charge in [0, 0.05) is 39.2 Å². The van der Waals surface area contributed by atoms with Crippen molar-refractivity contribution in [1.82, 2.24) is 20.2 Å². The molecule has 0 aliphatic rings. The van der Waals surface area contributed by atoms with Gasteiger partial charge < -0.3 is 15.2 Å². The molecule has 0 amide bonds. The number of nitrogens with one attached hydrogen (secondary N) is 2. The predicted molar refractivity (Wildman–Crippen MR) is 96.8 cm³/mol. The highest BCUT2D eigenvalue weighted by molar-refractivity contribution is 14.0. The number of nitrogens with zero attached hydrogens (tertiary/aromatic N) is 3. The molecule has 2 aromatic rings. The van der Waals surface area contributed by atoms with Crippen LogP contribution in [0.15, 0.2) is 41.8 Å². The van der Waals surface area contributed by atoms with Gasteiger partial charge >= 0.3 is 0 Å². The summed E-state index contributed by atoms with van der Waals surface area (Å²) in [5.74, 6) is 0.777. The topological polar surface area (TPSA) is 54.2 Å². The van der Waals surface area contributed by atoms with E-state index >= 15 is 0 Å². The van der Waals surface area contributed by atoms with Crippen molar-refractivity contribution in [2.45, 2.75) is 20.0 Å². The highest BCUT2D eigenvalue weighted by atomic mass is 127. The molecule has 0 bridgehead atoms. The van der Waals surface area contributed by atoms with Crippen molar-refractivity contribution in [2.75, 3.05) is 7.05 Å². The van der Waals surface area contributed by atoms with Gasteiger partial charge in [-0.2, -0.15) is 0 Å². The summed E-state index contributed by atoms with van der Waals surface area (Å²) >= 11 is 0. The van der Waals surface area contributed by atoms with Gasteiger partial charge in [0.05, 0.1) is 12.2 Å². The molecule has 2 N–H and O–H groups in total. The van der Waals surface area contributed by atoms with Crippen molar-refractivity contribution < 1.29 is 0 Å². The molecular weight excluding hydrogens is 377 g/mol. The molecule has 2 rings (SSSR count). The standard InChI is InChI=1S/C15H21N5.HI/c1-12-5-4-7-17-14(12)10-19-15(16-2)18-9-13-6-8-20(3)11-13;/h4-8,11H,9-10H2,1-3H3,(H2,16,18,19);1H. The molecule has 0 aliphatic heterocycles. The zero-order valence-electron chi connectivity index (χ0n) is 12.6. The molecule has 0 radical (unpaired) electrons. The fraction of sp³-hybridized carbons (Fsp3) is 0.333. The molecule has 5 nitrogen and oxygen atoms in total. The highest BCUT2D eigenvalue weighted by Crippen LogP contribution is 2.02. The van der Waals surface area contributed by atoms with E-state index < -0.39 is 0 Å². The normalized spacial score (nSPS) is 10.9. The Bertz CT molecular complexity index is 591. The second-order valence-electron chi connectivity index (χ2n) is 4.73. The first-order valence-electron chi connectivity index (χ1n) is 6.65. The maximum Gasteiger partial charge on any atom is 0.191 e. The molecule has 2 aromatic heterocycles. The van der Waals surface area contributed by atoms with E-state index in [1.165, 1.54) is 11.1 Å². The molecule has 0 fully saturated rings. The number of pyridine rings is 1. The van der Waals surface area contributed by atoms with E-state index in [0.29, 0.717) is 6.54 Å². The summed E-state index contributed by atoms with van der Waals surface area (Å²) < 4.78 is 2.03. The van der Waals surface area contributed by atoms with Gasteiger partial charge in [0.1, 0.15) is 0 Å². The van der Waals surface area contributed by atoms with E-state index in [4.69, 9.17) is 0 Å². The zero-order valence-corrected chi connectivity index (χ0v) is 15.0. The lowest BCUT2D eigenvalue weighted by Crippen LogP contribution is -2.36. The average molecular weight is 399 g/mol. The Morgan fingerprint density at radius 1 is 1.29 bits per heavy atom. The molecule has 21 heavy (non-hydrogen) atoms. The third-order valence-corrected chi connectivity index (χ3v) is 3.12. The van der Waals surface area contributed by atoms with Gasteiger partial charge in [-0.1, -0.05) is 6.07 Å². The van der Waals surface area contributed by atoms with Crippen LogP contribution >= 0.6 is 24.0 Å². The quantitative estimate of drug-likeness (QED) is 0.471. The first kappa shape index (κ1) is 17.5. The second-order valence-corrected chi connectivity index (χ2v) is 4.73. The first-order chi connectivity index (χ1) is 9.69. The number of hydrogen-bond acceptors (Lipinski definition) is 2. The number of aromatic nitrogens is 2. The minimum Gasteiger partial charge on any atom is -0.357 e. The predicted octanol–water partition coefficient (Wildman–Crippen LogP) is 2.21. The fourth-order valence-electron chi connectivity index (χ4n) is 1.94. The van der Waals surface area contributed by atoms with Crippen LogP contribution in [0.4, 0.5) is 0 Å². The third kappa shape index (κ3) is 5.37. The third-order valence-electron chi connectivity index (χ3n) is 3.12. The van der Waals surface area contributed by atoms with Gasteiger partial charge in [-0.25, -0.2) is 0 Å². The zero-order chi connectivity index (χ0) is 14.4. The molecule has 2 heterocycles. The van der Waals surface area contributed by atoms with E-state index in [0.717, 1.165) is 18.2 Å². The average Bonchev–Trinajstić information content (AvgIpc) is 2.86. The van der Waals surface area contributed by atoms with Crippen LogP contribution in [0.3, 0.4) is 0 Å². The van der Waals surface area contributed by atoms with Gasteiger partial charge in [-0.05, 0) is 30.2 Å². The number of guanidine groups is 1. The smallest absolute Gasteiger partial charge is 0.191 e. The summed E-state index contributed by atoms with van der Waals surface area (Å²) in [5.41, 5.74) is 3.44. The first-order valence-corrected chi connectivity index (χ1v) is 6.65. The molecular formula is C15H22IN5. The summed E-state index contributed by atoms with van der Waals surface area (Å²) in [5, 5.41) is 6.56. The van der Waals surface area contributed by atoms with Crippen LogP contribution in [-0.4, -0.2) is 22.6 Å². The molecule has 0 saturated carbocycles. The lowest BCUT2D eigenvalue weighted by atomic mass is 10.2. The minimum atomic E-state index is 0. The molecule has 0 aliphatic carbocycles. The van der Waals surface area contributed by atoms with Crippen molar-refractivity contribution in [3.05, 3.63) is 53.6 Å². The molecule has 0 unspecified atom stereocenters. The molecule has 114 valence electrons. The van der Waals surface area contributed by atoms with Gasteiger partial charge in [-0.3, -0.25) is 9.98 Å². The largest absolute Gasteiger partial charge is 0.357 e. The van der Waals surface area contributed by atoms with Crippen molar-refractivity contribution in [2.24, 2.45) is 12.0 Å². The Kier molecular flexibility index (Phi) is 7.21. The van der Waals surface area contributed by atoms with E-state index in [1.54, 1.807) is 7.05 Å². The molecule has 0 aromatic carbocycles. The monoisotopic (exact) mass is 399 g/mol. The number of aliphatic imine (C=N–C) groups is 1. The molecule has 6 heteroatoms. The van der Waals surface area contributed by atoms with Crippen molar-refractivity contribution in [3.63, 3.8) is 0 Å². The van der Waals surface area contributed by atoms with Crippen LogP contribution in [-0.2, 0) is 20.1 Å².